The van der Waals surface area contributed by atoms with Crippen molar-refractivity contribution in [3.05, 3.63) is 36.5 Å². The zero-order chi connectivity index (χ0) is 16.9. The first kappa shape index (κ1) is 16.4. The molecule has 0 unspecified atom stereocenters. The molecule has 0 atom stereocenters. The molecule has 0 bridgehead atoms. The van der Waals surface area contributed by atoms with E-state index in [0.717, 1.165) is 5.52 Å². The van der Waals surface area contributed by atoms with Crippen LogP contribution in [-0.2, 0) is 16.1 Å². The number of hydrogen-bond acceptors (Lipinski definition) is 3. The van der Waals surface area contributed by atoms with Crippen molar-refractivity contribution < 1.29 is 14.3 Å². The zero-order valence-electron chi connectivity index (χ0n) is 14.0. The van der Waals surface area contributed by atoms with E-state index in [2.05, 4.69) is 22.8 Å². The molecule has 1 aromatic heterocycles. The maximum atomic E-state index is 12.4. The molecule has 6 heteroatoms. The Morgan fingerprint density at radius 2 is 1.75 bits per heavy atom. The van der Waals surface area contributed by atoms with E-state index < -0.39 is 0 Å². The molecule has 3 rings (SSSR count). The molecule has 2 aromatic rings. The number of carbonyl (C=O) groups is 2. The maximum Gasteiger partial charge on any atom is 0.409 e. The molecule has 0 aliphatic carbocycles. The Hall–Kier alpha value is -2.50. The lowest BCUT2D eigenvalue weighted by Crippen LogP contribution is -2.50. The summed E-state index contributed by atoms with van der Waals surface area (Å²) in [5.41, 5.74) is 1.15. The largest absolute Gasteiger partial charge is 0.450 e. The van der Waals surface area contributed by atoms with E-state index in [4.69, 9.17) is 4.74 Å². The maximum absolute atomic E-state index is 12.4. The average Bonchev–Trinajstić information content (AvgIpc) is 3.03. The van der Waals surface area contributed by atoms with Gasteiger partial charge in [0.05, 0.1) is 6.61 Å². The predicted octanol–water partition coefficient (Wildman–Crippen LogP) is 2.33. The summed E-state index contributed by atoms with van der Waals surface area (Å²) in [5.74, 6) is 0.135. The van der Waals surface area contributed by atoms with Crippen molar-refractivity contribution in [2.45, 2.75) is 19.9 Å². The lowest BCUT2D eigenvalue weighted by Gasteiger charge is -2.34. The van der Waals surface area contributed by atoms with Crippen molar-refractivity contribution in [1.29, 1.82) is 0 Å². The molecule has 24 heavy (non-hydrogen) atoms. The van der Waals surface area contributed by atoms with Crippen LogP contribution in [0.25, 0.3) is 10.9 Å². The Bertz CT molecular complexity index is 717. The Morgan fingerprint density at radius 1 is 1.04 bits per heavy atom. The van der Waals surface area contributed by atoms with Gasteiger partial charge in [-0.3, -0.25) is 4.79 Å². The number of para-hydroxylation sites is 1. The summed E-state index contributed by atoms with van der Waals surface area (Å²) in [7, 11) is 0. The van der Waals surface area contributed by atoms with Gasteiger partial charge in [-0.05, 0) is 24.4 Å². The summed E-state index contributed by atoms with van der Waals surface area (Å²) in [5, 5.41) is 1.19. The smallest absolute Gasteiger partial charge is 0.409 e. The number of piperazine rings is 1. The monoisotopic (exact) mass is 329 g/mol. The summed E-state index contributed by atoms with van der Waals surface area (Å²) in [6, 6.07) is 10.2. The van der Waals surface area contributed by atoms with Crippen LogP contribution in [0.1, 0.15) is 13.3 Å². The predicted molar refractivity (Wildman–Crippen MR) is 91.7 cm³/mol. The summed E-state index contributed by atoms with van der Waals surface area (Å²) in [6.45, 7) is 5.07. The van der Waals surface area contributed by atoms with Crippen molar-refractivity contribution in [2.24, 2.45) is 0 Å². The van der Waals surface area contributed by atoms with Gasteiger partial charge in [-0.1, -0.05) is 18.2 Å². The van der Waals surface area contributed by atoms with Crippen LogP contribution in [0.5, 0.6) is 0 Å². The topological polar surface area (TPSA) is 54.8 Å². The molecule has 128 valence electrons. The summed E-state index contributed by atoms with van der Waals surface area (Å²) < 4.78 is 7.11. The number of fused-ring (bicyclic) bond motifs is 1. The number of nitrogens with zero attached hydrogens (tertiary/aromatic N) is 3. The normalized spacial score (nSPS) is 14.9. The average molecular weight is 329 g/mol. The second-order valence-electron chi connectivity index (χ2n) is 5.88. The van der Waals surface area contributed by atoms with Gasteiger partial charge in [-0.2, -0.15) is 0 Å². The van der Waals surface area contributed by atoms with E-state index in [1.54, 1.807) is 11.8 Å². The van der Waals surface area contributed by atoms with Crippen LogP contribution in [0, 0.1) is 0 Å². The van der Waals surface area contributed by atoms with Crippen LogP contribution < -0.4 is 0 Å². The van der Waals surface area contributed by atoms with Crippen LogP contribution in [0.3, 0.4) is 0 Å². The van der Waals surface area contributed by atoms with E-state index in [9.17, 15) is 9.59 Å². The van der Waals surface area contributed by atoms with Crippen molar-refractivity contribution in [3.8, 4) is 0 Å². The van der Waals surface area contributed by atoms with Gasteiger partial charge in [-0.15, -0.1) is 0 Å². The van der Waals surface area contributed by atoms with E-state index in [1.807, 2.05) is 23.2 Å². The molecule has 0 N–H and O–H groups in total. The van der Waals surface area contributed by atoms with Gasteiger partial charge in [0.15, 0.2) is 0 Å². The number of rotatable bonds is 4. The van der Waals surface area contributed by atoms with Crippen LogP contribution in [0.2, 0.25) is 0 Å². The first-order valence-corrected chi connectivity index (χ1v) is 8.42. The SMILES string of the molecule is CCOC(=O)N1CCN(C(=O)CCn2ccc3ccccc32)CC1. The van der Waals surface area contributed by atoms with Crippen molar-refractivity contribution in [3.63, 3.8) is 0 Å². The van der Waals surface area contributed by atoms with Crippen molar-refractivity contribution >= 4 is 22.9 Å². The van der Waals surface area contributed by atoms with Gasteiger partial charge in [-0.25, -0.2) is 4.79 Å². The number of carbonyl (C=O) groups excluding carboxylic acids is 2. The zero-order valence-corrected chi connectivity index (χ0v) is 14.0. The van der Waals surface area contributed by atoms with Gasteiger partial charge in [0.2, 0.25) is 5.91 Å². The van der Waals surface area contributed by atoms with E-state index >= 15 is 0 Å². The van der Waals surface area contributed by atoms with Gasteiger partial charge in [0, 0.05) is 50.9 Å². The number of ether oxygens (including phenoxy) is 1. The first-order valence-electron chi connectivity index (χ1n) is 8.42. The molecule has 1 aliphatic heterocycles. The fourth-order valence-corrected chi connectivity index (χ4v) is 3.06. The number of aromatic nitrogens is 1. The van der Waals surface area contributed by atoms with Crippen molar-refractivity contribution in [1.82, 2.24) is 14.4 Å². The molecule has 0 saturated carbocycles. The minimum Gasteiger partial charge on any atom is -0.450 e. The second kappa shape index (κ2) is 7.38. The van der Waals surface area contributed by atoms with Crippen LogP contribution >= 0.6 is 0 Å². The molecular formula is C18H23N3O3. The molecular weight excluding hydrogens is 306 g/mol. The van der Waals surface area contributed by atoms with Gasteiger partial charge in [0.25, 0.3) is 0 Å². The third-order valence-corrected chi connectivity index (χ3v) is 4.41. The quantitative estimate of drug-likeness (QED) is 0.865. The highest BCUT2D eigenvalue weighted by Crippen LogP contribution is 2.16. The number of benzene rings is 1. The van der Waals surface area contributed by atoms with Gasteiger partial charge >= 0.3 is 6.09 Å². The highest BCUT2D eigenvalue weighted by molar-refractivity contribution is 5.80. The Kier molecular flexibility index (Phi) is 5.03. The van der Waals surface area contributed by atoms with Gasteiger partial charge < -0.3 is 19.1 Å². The lowest BCUT2D eigenvalue weighted by molar-refractivity contribution is -0.133. The lowest BCUT2D eigenvalue weighted by atomic mass is 10.2. The van der Waals surface area contributed by atoms with Crippen molar-refractivity contribution in [2.75, 3.05) is 32.8 Å². The molecule has 1 saturated heterocycles. The molecule has 1 aromatic carbocycles. The van der Waals surface area contributed by atoms with Gasteiger partial charge in [0.1, 0.15) is 0 Å². The summed E-state index contributed by atoms with van der Waals surface area (Å²) in [4.78, 5) is 27.6. The third-order valence-electron chi connectivity index (χ3n) is 4.41. The fraction of sp³-hybridized carbons (Fsp3) is 0.444. The van der Waals surface area contributed by atoms with Crippen LogP contribution in [-0.4, -0.2) is 59.2 Å². The Morgan fingerprint density at radius 3 is 2.50 bits per heavy atom. The molecule has 6 nitrogen and oxygen atoms in total. The highest BCUT2D eigenvalue weighted by atomic mass is 16.6. The minimum atomic E-state index is -0.289. The van der Waals surface area contributed by atoms with Crippen LogP contribution in [0.15, 0.2) is 36.5 Å². The summed E-state index contributed by atoms with van der Waals surface area (Å²) >= 11 is 0. The molecule has 1 fully saturated rings. The Labute approximate surface area is 141 Å². The van der Waals surface area contributed by atoms with Crippen LogP contribution in [0.4, 0.5) is 4.79 Å². The number of hydrogen-bond donors (Lipinski definition) is 0. The number of aryl methyl sites for hydroxylation is 1. The second-order valence-corrected chi connectivity index (χ2v) is 5.88. The highest BCUT2D eigenvalue weighted by Gasteiger charge is 2.24. The molecule has 0 radical (unpaired) electrons. The minimum absolute atomic E-state index is 0.135. The molecule has 1 aliphatic rings. The third kappa shape index (κ3) is 3.53. The molecule has 2 amide bonds. The number of amides is 2. The Balaban J connectivity index is 1.50. The standard InChI is InChI=1S/C18H23N3O3/c1-2-24-18(23)21-13-11-20(12-14-21)17(22)8-10-19-9-7-15-5-3-4-6-16(15)19/h3-7,9H,2,8,10-14H2,1H3. The summed E-state index contributed by atoms with van der Waals surface area (Å²) in [6.07, 6.45) is 2.21. The molecule has 0 spiro atoms. The molecule has 2 heterocycles. The first-order chi connectivity index (χ1) is 11.7. The fourth-order valence-electron chi connectivity index (χ4n) is 3.06. The van der Waals surface area contributed by atoms with E-state index in [1.165, 1.54) is 5.39 Å². The van der Waals surface area contributed by atoms with E-state index in [0.29, 0.717) is 45.8 Å². The van der Waals surface area contributed by atoms with E-state index in [-0.39, 0.29) is 12.0 Å².